The minimum absolute atomic E-state index is 0.0553. The summed E-state index contributed by atoms with van der Waals surface area (Å²) < 4.78 is 13.7. The normalized spacial score (nSPS) is 21.5. The van der Waals surface area contributed by atoms with Gasteiger partial charge in [0.1, 0.15) is 0 Å². The third-order valence-electron chi connectivity index (χ3n) is 6.35. The Kier molecular flexibility index (Phi) is 3.89. The molecule has 0 unspecified atom stereocenters. The van der Waals surface area contributed by atoms with Crippen LogP contribution in [-0.4, -0.2) is 45.1 Å². The summed E-state index contributed by atoms with van der Waals surface area (Å²) >= 11 is 0. The SMILES string of the molecule is Cc1nc(CC2CC2)oc1C(=O)N1CCc2c(ncn2C)C12CCOCC2. The van der Waals surface area contributed by atoms with E-state index in [1.54, 1.807) is 0 Å². The van der Waals surface area contributed by atoms with E-state index in [1.165, 1.54) is 18.5 Å². The highest BCUT2D eigenvalue weighted by Crippen LogP contribution is 2.43. The van der Waals surface area contributed by atoms with Gasteiger partial charge in [-0.3, -0.25) is 4.79 Å². The predicted octanol–water partition coefficient (Wildman–Crippen LogP) is 2.37. The van der Waals surface area contributed by atoms with E-state index in [0.717, 1.165) is 31.4 Å². The van der Waals surface area contributed by atoms with Gasteiger partial charge in [0.15, 0.2) is 5.89 Å². The molecule has 1 aliphatic carbocycles. The van der Waals surface area contributed by atoms with Crippen molar-refractivity contribution in [2.24, 2.45) is 13.0 Å². The Morgan fingerprint density at radius 3 is 2.85 bits per heavy atom. The Bertz CT molecular complexity index is 874. The molecule has 1 saturated carbocycles. The van der Waals surface area contributed by atoms with Crippen LogP contribution in [0.1, 0.15) is 59.2 Å². The van der Waals surface area contributed by atoms with E-state index in [4.69, 9.17) is 14.1 Å². The van der Waals surface area contributed by atoms with Crippen molar-refractivity contribution in [3.05, 3.63) is 35.1 Å². The van der Waals surface area contributed by atoms with E-state index in [2.05, 4.69) is 9.55 Å². The molecule has 144 valence electrons. The maximum absolute atomic E-state index is 13.5. The van der Waals surface area contributed by atoms with Crippen molar-refractivity contribution in [1.82, 2.24) is 19.4 Å². The summed E-state index contributed by atoms with van der Waals surface area (Å²) in [6.07, 6.45) is 7.53. The number of nitrogens with zero attached hydrogens (tertiary/aromatic N) is 4. The van der Waals surface area contributed by atoms with Crippen molar-refractivity contribution in [2.75, 3.05) is 19.8 Å². The lowest BCUT2D eigenvalue weighted by Gasteiger charge is -2.48. The summed E-state index contributed by atoms with van der Waals surface area (Å²) in [7, 11) is 2.03. The van der Waals surface area contributed by atoms with Crippen LogP contribution in [0.5, 0.6) is 0 Å². The Morgan fingerprint density at radius 1 is 1.33 bits per heavy atom. The van der Waals surface area contributed by atoms with Gasteiger partial charge in [0.25, 0.3) is 5.91 Å². The van der Waals surface area contributed by atoms with Crippen molar-refractivity contribution in [3.8, 4) is 0 Å². The fraction of sp³-hybridized carbons (Fsp3) is 0.650. The number of carbonyl (C=O) groups excluding carboxylic acids is 1. The lowest BCUT2D eigenvalue weighted by molar-refractivity contribution is -0.0309. The topological polar surface area (TPSA) is 73.4 Å². The van der Waals surface area contributed by atoms with E-state index in [1.807, 2.05) is 25.2 Å². The third-order valence-corrected chi connectivity index (χ3v) is 6.35. The molecule has 7 heteroatoms. The molecule has 0 bridgehead atoms. The number of ether oxygens (including phenoxy) is 1. The molecular formula is C20H26N4O3. The summed E-state index contributed by atoms with van der Waals surface area (Å²) in [6, 6.07) is 0. The van der Waals surface area contributed by atoms with E-state index >= 15 is 0 Å². The zero-order valence-electron chi connectivity index (χ0n) is 16.0. The molecule has 2 aromatic rings. The van der Waals surface area contributed by atoms with Crippen molar-refractivity contribution in [2.45, 2.75) is 51.0 Å². The molecule has 4 heterocycles. The Morgan fingerprint density at radius 2 is 2.11 bits per heavy atom. The van der Waals surface area contributed by atoms with Crippen molar-refractivity contribution in [1.29, 1.82) is 0 Å². The van der Waals surface area contributed by atoms with E-state index in [-0.39, 0.29) is 5.91 Å². The van der Waals surface area contributed by atoms with E-state index in [9.17, 15) is 4.79 Å². The van der Waals surface area contributed by atoms with Crippen molar-refractivity contribution in [3.63, 3.8) is 0 Å². The lowest BCUT2D eigenvalue weighted by atomic mass is 9.80. The molecule has 2 fully saturated rings. The van der Waals surface area contributed by atoms with Gasteiger partial charge in [-0.2, -0.15) is 0 Å². The van der Waals surface area contributed by atoms with Gasteiger partial charge in [-0.1, -0.05) is 0 Å². The second kappa shape index (κ2) is 6.19. The number of amides is 1. The van der Waals surface area contributed by atoms with Gasteiger partial charge in [-0.25, -0.2) is 9.97 Å². The Hall–Kier alpha value is -2.15. The predicted molar refractivity (Wildman–Crippen MR) is 97.3 cm³/mol. The molecule has 2 aromatic heterocycles. The van der Waals surface area contributed by atoms with Gasteiger partial charge in [0, 0.05) is 45.3 Å². The average Bonchev–Trinajstić information content (AvgIpc) is 3.28. The maximum Gasteiger partial charge on any atom is 0.292 e. The average molecular weight is 370 g/mol. The van der Waals surface area contributed by atoms with Gasteiger partial charge in [-0.05, 0) is 38.5 Å². The first kappa shape index (κ1) is 17.0. The fourth-order valence-electron chi connectivity index (χ4n) is 4.64. The molecule has 5 rings (SSSR count). The zero-order chi connectivity index (χ0) is 18.6. The minimum Gasteiger partial charge on any atom is -0.435 e. The highest BCUT2D eigenvalue weighted by molar-refractivity contribution is 5.93. The summed E-state index contributed by atoms with van der Waals surface area (Å²) in [6.45, 7) is 3.83. The lowest BCUT2D eigenvalue weighted by Crippen LogP contribution is -2.56. The number of imidazole rings is 1. The second-order valence-corrected chi connectivity index (χ2v) is 8.17. The first-order chi connectivity index (χ1) is 13.1. The van der Waals surface area contributed by atoms with Crippen LogP contribution in [0.15, 0.2) is 10.7 Å². The molecule has 0 aromatic carbocycles. The number of aromatic nitrogens is 3. The first-order valence-electron chi connectivity index (χ1n) is 9.95. The molecule has 1 spiro atoms. The zero-order valence-corrected chi connectivity index (χ0v) is 16.0. The van der Waals surface area contributed by atoms with Gasteiger partial charge in [0.05, 0.1) is 23.3 Å². The van der Waals surface area contributed by atoms with E-state index < -0.39 is 5.54 Å². The number of fused-ring (bicyclic) bond motifs is 2. The number of oxazole rings is 1. The Labute approximate surface area is 158 Å². The molecule has 0 radical (unpaired) electrons. The van der Waals surface area contributed by atoms with Gasteiger partial charge in [-0.15, -0.1) is 0 Å². The minimum atomic E-state index is -0.403. The largest absolute Gasteiger partial charge is 0.435 e. The Balaban J connectivity index is 1.51. The van der Waals surface area contributed by atoms with Crippen LogP contribution in [0.25, 0.3) is 0 Å². The highest BCUT2D eigenvalue weighted by atomic mass is 16.5. The van der Waals surface area contributed by atoms with Crippen molar-refractivity contribution >= 4 is 5.91 Å². The quantitative estimate of drug-likeness (QED) is 0.829. The van der Waals surface area contributed by atoms with Crippen LogP contribution >= 0.6 is 0 Å². The highest BCUT2D eigenvalue weighted by Gasteiger charge is 2.49. The van der Waals surface area contributed by atoms with E-state index in [0.29, 0.717) is 43.0 Å². The number of carbonyl (C=O) groups is 1. The van der Waals surface area contributed by atoms with Crippen LogP contribution in [-0.2, 0) is 30.2 Å². The number of hydrogen-bond acceptors (Lipinski definition) is 5. The molecule has 7 nitrogen and oxygen atoms in total. The molecular weight excluding hydrogens is 344 g/mol. The number of hydrogen-bond donors (Lipinski definition) is 0. The van der Waals surface area contributed by atoms with Gasteiger partial charge < -0.3 is 18.6 Å². The molecule has 27 heavy (non-hydrogen) atoms. The smallest absolute Gasteiger partial charge is 0.292 e. The van der Waals surface area contributed by atoms with Crippen LogP contribution in [0, 0.1) is 12.8 Å². The standard InChI is InChI=1S/C20H26N4O3/c1-13-17(27-16(22-13)11-14-3-4-14)19(25)24-8-5-15-18(21-12-23(15)2)20(24)6-9-26-10-7-20/h12,14H,3-11H2,1-2H3. The number of aryl methyl sites for hydroxylation is 2. The van der Waals surface area contributed by atoms with Crippen LogP contribution in [0.3, 0.4) is 0 Å². The fourth-order valence-corrected chi connectivity index (χ4v) is 4.64. The third kappa shape index (κ3) is 2.71. The van der Waals surface area contributed by atoms with Gasteiger partial charge in [0.2, 0.25) is 5.76 Å². The second-order valence-electron chi connectivity index (χ2n) is 8.17. The first-order valence-corrected chi connectivity index (χ1v) is 9.95. The summed E-state index contributed by atoms with van der Waals surface area (Å²) in [5.41, 5.74) is 2.55. The summed E-state index contributed by atoms with van der Waals surface area (Å²) in [4.78, 5) is 24.8. The van der Waals surface area contributed by atoms with Gasteiger partial charge >= 0.3 is 0 Å². The monoisotopic (exact) mass is 370 g/mol. The van der Waals surface area contributed by atoms with Crippen LogP contribution in [0.4, 0.5) is 0 Å². The van der Waals surface area contributed by atoms with Crippen molar-refractivity contribution < 1.29 is 13.9 Å². The molecule has 0 atom stereocenters. The molecule has 3 aliphatic rings. The number of rotatable bonds is 3. The molecule has 2 aliphatic heterocycles. The summed E-state index contributed by atoms with van der Waals surface area (Å²) in [5.74, 6) is 1.73. The van der Waals surface area contributed by atoms with Crippen LogP contribution in [0.2, 0.25) is 0 Å². The maximum atomic E-state index is 13.5. The molecule has 0 N–H and O–H groups in total. The molecule has 1 amide bonds. The summed E-state index contributed by atoms with van der Waals surface area (Å²) in [5, 5.41) is 0. The van der Waals surface area contributed by atoms with Crippen LogP contribution < -0.4 is 0 Å². The molecule has 1 saturated heterocycles.